The van der Waals surface area contributed by atoms with Gasteiger partial charge < -0.3 is 10.2 Å². The van der Waals surface area contributed by atoms with E-state index in [4.69, 9.17) is 0 Å². The van der Waals surface area contributed by atoms with Crippen molar-refractivity contribution in [1.82, 2.24) is 0 Å². The van der Waals surface area contributed by atoms with Gasteiger partial charge in [0.1, 0.15) is 0 Å². The molecule has 2 rings (SSSR count). The SMILES string of the molecule is C=C[C@](C)(O)CC[C@@H]1[C@]2(C)CC[C@H](Br)C(C)(C)[C@@H]2CC[C@@]1(C)O. The number of hydrogen-bond donors (Lipinski definition) is 2. The first-order valence-corrected chi connectivity index (χ1v) is 10.0. The van der Waals surface area contributed by atoms with Crippen LogP contribution in [0.4, 0.5) is 0 Å². The van der Waals surface area contributed by atoms with Crippen LogP contribution in [-0.4, -0.2) is 26.2 Å². The van der Waals surface area contributed by atoms with E-state index in [2.05, 4.69) is 43.3 Å². The van der Waals surface area contributed by atoms with E-state index < -0.39 is 11.2 Å². The second-order valence-electron chi connectivity index (χ2n) is 9.43. The summed E-state index contributed by atoms with van der Waals surface area (Å²) < 4.78 is 0. The average molecular weight is 387 g/mol. The molecule has 2 saturated carbocycles. The predicted molar refractivity (Wildman–Crippen MR) is 101 cm³/mol. The zero-order chi connectivity index (χ0) is 17.7. The third kappa shape index (κ3) is 3.43. The highest BCUT2D eigenvalue weighted by atomic mass is 79.9. The van der Waals surface area contributed by atoms with Gasteiger partial charge in [-0.3, -0.25) is 0 Å². The molecule has 0 radical (unpaired) electrons. The first-order valence-electron chi connectivity index (χ1n) is 9.09. The minimum absolute atomic E-state index is 0.132. The van der Waals surface area contributed by atoms with Crippen LogP contribution < -0.4 is 0 Å². The zero-order valence-corrected chi connectivity index (χ0v) is 17.1. The molecule has 0 aromatic carbocycles. The molecule has 3 heteroatoms. The fourth-order valence-corrected chi connectivity index (χ4v) is 6.22. The van der Waals surface area contributed by atoms with E-state index in [1.807, 2.05) is 13.8 Å². The second-order valence-corrected chi connectivity index (χ2v) is 10.5. The van der Waals surface area contributed by atoms with Crippen LogP contribution in [0.15, 0.2) is 12.7 Å². The fourth-order valence-electron chi connectivity index (χ4n) is 5.67. The quantitative estimate of drug-likeness (QED) is 0.522. The third-order valence-electron chi connectivity index (χ3n) is 7.30. The normalized spacial score (nSPS) is 45.8. The second kappa shape index (κ2) is 6.14. The van der Waals surface area contributed by atoms with Gasteiger partial charge in [-0.1, -0.05) is 42.8 Å². The van der Waals surface area contributed by atoms with Crippen molar-refractivity contribution in [3.05, 3.63) is 12.7 Å². The standard InChI is InChI=1S/C20H35BrO2/c1-7-18(4,22)11-8-15-19(5)12-10-16(21)17(2,3)14(19)9-13-20(15,6)23/h7,14-16,22-23H,1,8-13H2,2-6H3/t14-,15+,16-,18-,19+,20+/m0/s1. The molecule has 0 spiro atoms. The molecule has 0 bridgehead atoms. The summed E-state index contributed by atoms with van der Waals surface area (Å²) >= 11 is 3.91. The lowest BCUT2D eigenvalue weighted by atomic mass is 9.45. The Morgan fingerprint density at radius 1 is 1.22 bits per heavy atom. The Morgan fingerprint density at radius 3 is 2.39 bits per heavy atom. The van der Waals surface area contributed by atoms with Crippen LogP contribution in [0.1, 0.15) is 73.1 Å². The molecule has 134 valence electrons. The summed E-state index contributed by atoms with van der Waals surface area (Å²) in [6.45, 7) is 14.7. The molecule has 0 aromatic rings. The summed E-state index contributed by atoms with van der Waals surface area (Å²) in [5, 5.41) is 21.5. The Bertz CT molecular complexity index is 455. The molecule has 6 atom stereocenters. The van der Waals surface area contributed by atoms with Crippen LogP contribution >= 0.6 is 15.9 Å². The van der Waals surface area contributed by atoms with Crippen molar-refractivity contribution < 1.29 is 10.2 Å². The van der Waals surface area contributed by atoms with Crippen LogP contribution in [0.2, 0.25) is 0 Å². The molecule has 2 nitrogen and oxygen atoms in total. The Hall–Kier alpha value is 0.140. The number of rotatable bonds is 4. The van der Waals surface area contributed by atoms with Crippen LogP contribution in [-0.2, 0) is 0 Å². The van der Waals surface area contributed by atoms with Gasteiger partial charge >= 0.3 is 0 Å². The maximum absolute atomic E-state index is 11.1. The highest BCUT2D eigenvalue weighted by molar-refractivity contribution is 9.09. The Balaban J connectivity index is 2.31. The van der Waals surface area contributed by atoms with E-state index >= 15 is 0 Å². The lowest BCUT2D eigenvalue weighted by Gasteiger charge is -2.62. The summed E-state index contributed by atoms with van der Waals surface area (Å²) in [6.07, 6.45) is 7.40. The van der Waals surface area contributed by atoms with E-state index in [1.165, 1.54) is 0 Å². The largest absolute Gasteiger partial charge is 0.390 e. The number of alkyl halides is 1. The van der Waals surface area contributed by atoms with Gasteiger partial charge in [0.2, 0.25) is 0 Å². The van der Waals surface area contributed by atoms with Crippen LogP contribution in [0.3, 0.4) is 0 Å². The van der Waals surface area contributed by atoms with Crippen molar-refractivity contribution in [2.45, 2.75) is 89.2 Å². The third-order valence-corrected chi connectivity index (χ3v) is 8.94. The molecule has 2 aliphatic carbocycles. The van der Waals surface area contributed by atoms with Gasteiger partial charge in [0.15, 0.2) is 0 Å². The summed E-state index contributed by atoms with van der Waals surface area (Å²) in [6, 6.07) is 0. The molecule has 2 fully saturated rings. The van der Waals surface area contributed by atoms with Crippen molar-refractivity contribution in [1.29, 1.82) is 0 Å². The van der Waals surface area contributed by atoms with Gasteiger partial charge in [0.25, 0.3) is 0 Å². The first kappa shape index (κ1) is 19.5. The average Bonchev–Trinajstić information content (AvgIpc) is 2.42. The lowest BCUT2D eigenvalue weighted by Crippen LogP contribution is -2.59. The molecule has 0 unspecified atom stereocenters. The number of aliphatic hydroxyl groups is 2. The van der Waals surface area contributed by atoms with Crippen molar-refractivity contribution in [3.8, 4) is 0 Å². The summed E-state index contributed by atoms with van der Waals surface area (Å²) in [5.41, 5.74) is -1.12. The molecule has 0 aliphatic heterocycles. The topological polar surface area (TPSA) is 40.5 Å². The molecular formula is C20H35BrO2. The van der Waals surface area contributed by atoms with Crippen molar-refractivity contribution >= 4 is 15.9 Å². The van der Waals surface area contributed by atoms with Gasteiger partial charge in [-0.2, -0.15) is 0 Å². The van der Waals surface area contributed by atoms with E-state index in [-0.39, 0.29) is 16.7 Å². The lowest BCUT2D eigenvalue weighted by molar-refractivity contribution is -0.169. The summed E-state index contributed by atoms with van der Waals surface area (Å²) in [7, 11) is 0. The van der Waals surface area contributed by atoms with Crippen LogP contribution in [0.25, 0.3) is 0 Å². The Morgan fingerprint density at radius 2 is 1.83 bits per heavy atom. The molecular weight excluding hydrogens is 352 g/mol. The predicted octanol–water partition coefficient (Wildman–Crippen LogP) is 5.07. The van der Waals surface area contributed by atoms with Gasteiger partial charge in [0.05, 0.1) is 11.2 Å². The first-order chi connectivity index (χ1) is 10.4. The van der Waals surface area contributed by atoms with Gasteiger partial charge in [-0.15, -0.1) is 6.58 Å². The van der Waals surface area contributed by atoms with Crippen molar-refractivity contribution in [3.63, 3.8) is 0 Å². The summed E-state index contributed by atoms with van der Waals surface area (Å²) in [5.74, 6) is 0.825. The fraction of sp³-hybridized carbons (Fsp3) is 0.900. The minimum atomic E-state index is -0.846. The minimum Gasteiger partial charge on any atom is -0.390 e. The highest BCUT2D eigenvalue weighted by Gasteiger charge is 2.59. The van der Waals surface area contributed by atoms with E-state index in [0.717, 1.165) is 32.1 Å². The number of halogens is 1. The molecule has 0 amide bonds. The number of hydrogen-bond acceptors (Lipinski definition) is 2. The maximum Gasteiger partial charge on any atom is 0.0797 e. The van der Waals surface area contributed by atoms with E-state index in [0.29, 0.717) is 17.2 Å². The van der Waals surface area contributed by atoms with Crippen LogP contribution in [0, 0.1) is 22.7 Å². The van der Waals surface area contributed by atoms with Crippen molar-refractivity contribution in [2.75, 3.05) is 0 Å². The van der Waals surface area contributed by atoms with E-state index in [1.54, 1.807) is 6.08 Å². The van der Waals surface area contributed by atoms with Gasteiger partial charge in [-0.05, 0) is 75.0 Å². The smallest absolute Gasteiger partial charge is 0.0797 e. The molecule has 2 N–H and O–H groups in total. The molecule has 0 aromatic heterocycles. The van der Waals surface area contributed by atoms with Crippen LogP contribution in [0.5, 0.6) is 0 Å². The molecule has 23 heavy (non-hydrogen) atoms. The van der Waals surface area contributed by atoms with Gasteiger partial charge in [0, 0.05) is 4.83 Å². The Kier molecular flexibility index (Phi) is 5.20. The Labute approximate surface area is 150 Å². The number of fused-ring (bicyclic) bond motifs is 1. The monoisotopic (exact) mass is 386 g/mol. The molecule has 0 heterocycles. The molecule has 0 saturated heterocycles. The maximum atomic E-state index is 11.1. The van der Waals surface area contributed by atoms with Crippen molar-refractivity contribution in [2.24, 2.45) is 22.7 Å². The van der Waals surface area contributed by atoms with E-state index in [9.17, 15) is 10.2 Å². The summed E-state index contributed by atoms with van der Waals surface area (Å²) in [4.78, 5) is 0.549. The molecule has 2 aliphatic rings. The zero-order valence-electron chi connectivity index (χ0n) is 15.5. The highest BCUT2D eigenvalue weighted by Crippen LogP contribution is 2.64. The van der Waals surface area contributed by atoms with Gasteiger partial charge in [-0.25, -0.2) is 0 Å².